The summed E-state index contributed by atoms with van der Waals surface area (Å²) >= 11 is 3.81. The summed E-state index contributed by atoms with van der Waals surface area (Å²) in [5, 5.41) is 10.5. The van der Waals surface area contributed by atoms with E-state index in [2.05, 4.69) is 184 Å². The van der Waals surface area contributed by atoms with Crippen LogP contribution < -0.4 is 24.8 Å². The van der Waals surface area contributed by atoms with Crippen LogP contribution in [-0.4, -0.2) is 0 Å². The maximum atomic E-state index is 2.35. The molecule has 0 bridgehead atoms. The Morgan fingerprint density at radius 1 is 0.418 bits per heavy atom. The van der Waals surface area contributed by atoms with Gasteiger partial charge in [-0.2, -0.15) is 22.7 Å². The second-order valence-electron chi connectivity index (χ2n) is 13.5. The van der Waals surface area contributed by atoms with Gasteiger partial charge in [-0.25, -0.2) is 0 Å². The SMILES string of the molecule is CCc1ccc(-c2cc3c(-c4ccc5ccccc5c4)cccc3[cH-]2)s1.CCc1ccc(-c2cc3c(-c4ccc5ccccc5c4)cccc3[cH-]2)s1.[Cl-].[Cl-].[Zr+4]. The number of rotatable bonds is 6. The topological polar surface area (TPSA) is 0 Å². The maximum absolute atomic E-state index is 2.35. The van der Waals surface area contributed by atoms with E-state index < -0.39 is 0 Å². The van der Waals surface area contributed by atoms with Crippen LogP contribution >= 0.6 is 22.7 Å². The van der Waals surface area contributed by atoms with Crippen LogP contribution in [0.5, 0.6) is 0 Å². The minimum absolute atomic E-state index is 0. The molecule has 10 rings (SSSR count). The second-order valence-corrected chi connectivity index (χ2v) is 15.8. The first kappa shape index (κ1) is 40.6. The average molecular weight is 865 g/mol. The Morgan fingerprint density at radius 2 is 0.836 bits per heavy atom. The summed E-state index contributed by atoms with van der Waals surface area (Å²) in [5.74, 6) is 0. The molecule has 55 heavy (non-hydrogen) atoms. The van der Waals surface area contributed by atoms with Gasteiger partial charge in [-0.05, 0) is 77.2 Å². The maximum Gasteiger partial charge on any atom is 4.00 e. The zero-order valence-electron chi connectivity index (χ0n) is 30.7. The first-order valence-electron chi connectivity index (χ1n) is 18.2. The van der Waals surface area contributed by atoms with Crippen LogP contribution in [0.25, 0.3) is 86.2 Å². The molecule has 0 unspecified atom stereocenters. The third-order valence-electron chi connectivity index (χ3n) is 10.2. The molecule has 10 aromatic rings. The molecular weight excluding hydrogens is 827 g/mol. The summed E-state index contributed by atoms with van der Waals surface area (Å²) < 4.78 is 0. The average Bonchev–Trinajstić information content (AvgIpc) is 4.03. The van der Waals surface area contributed by atoms with E-state index in [1.807, 2.05) is 22.7 Å². The third-order valence-corrected chi connectivity index (χ3v) is 12.8. The van der Waals surface area contributed by atoms with E-state index in [1.54, 1.807) is 0 Å². The molecule has 0 aliphatic heterocycles. The Labute approximate surface area is 363 Å². The van der Waals surface area contributed by atoms with Crippen molar-refractivity contribution >= 4 is 65.8 Å². The molecule has 0 aliphatic rings. The van der Waals surface area contributed by atoms with Crippen LogP contribution in [0.4, 0.5) is 0 Å². The number of halogens is 2. The van der Waals surface area contributed by atoms with Crippen LogP contribution in [0.1, 0.15) is 23.6 Å². The normalized spacial score (nSPS) is 10.8. The van der Waals surface area contributed by atoms with E-state index in [0.717, 1.165) is 12.8 Å². The fourth-order valence-electron chi connectivity index (χ4n) is 7.42. The molecule has 8 aromatic carbocycles. The molecule has 0 saturated heterocycles. The predicted octanol–water partition coefficient (Wildman–Crippen LogP) is 9.35. The van der Waals surface area contributed by atoms with Crippen molar-refractivity contribution in [2.45, 2.75) is 26.7 Å². The van der Waals surface area contributed by atoms with E-state index in [-0.39, 0.29) is 51.0 Å². The molecule has 0 fully saturated rings. The largest absolute Gasteiger partial charge is 4.00 e. The minimum atomic E-state index is 0. The van der Waals surface area contributed by atoms with E-state index in [0.29, 0.717) is 0 Å². The molecule has 0 N–H and O–H groups in total. The molecule has 0 nitrogen and oxygen atoms in total. The summed E-state index contributed by atoms with van der Waals surface area (Å²) in [7, 11) is 0. The molecule has 0 amide bonds. The number of thiophene rings is 2. The molecule has 2 heterocycles. The number of benzene rings is 6. The second kappa shape index (κ2) is 17.8. The Balaban J connectivity index is 0.000000177. The van der Waals surface area contributed by atoms with Gasteiger partial charge in [0.1, 0.15) is 0 Å². The smallest absolute Gasteiger partial charge is 1.00 e. The standard InChI is InChI=1S/2C25H19S.2ClH.Zr/c2*1-2-22-12-13-25(26-22)21-15-19-8-5-9-23(24(19)16-21)20-11-10-17-6-3-4-7-18(17)14-20;;;/h2*3-16H,2H2,1H3;2*1H;/q2*-1;;;+4/p-2. The molecule has 0 saturated carbocycles. The van der Waals surface area contributed by atoms with Crippen molar-refractivity contribution in [3.63, 3.8) is 0 Å². The summed E-state index contributed by atoms with van der Waals surface area (Å²) in [6.45, 7) is 4.43. The van der Waals surface area contributed by atoms with Crippen LogP contribution in [0.3, 0.4) is 0 Å². The van der Waals surface area contributed by atoms with E-state index in [9.17, 15) is 0 Å². The van der Waals surface area contributed by atoms with Crippen molar-refractivity contribution in [2.24, 2.45) is 0 Å². The van der Waals surface area contributed by atoms with Gasteiger partial charge in [0, 0.05) is 0 Å². The zero-order valence-corrected chi connectivity index (χ0v) is 36.3. The molecule has 0 atom stereocenters. The van der Waals surface area contributed by atoms with Crippen LogP contribution in [0.2, 0.25) is 0 Å². The fraction of sp³-hybridized carbons (Fsp3) is 0.0800. The summed E-state index contributed by atoms with van der Waals surface area (Å²) in [5.41, 5.74) is 7.85. The Morgan fingerprint density at radius 3 is 1.24 bits per heavy atom. The van der Waals surface area contributed by atoms with Gasteiger partial charge in [0.2, 0.25) is 0 Å². The first-order valence-corrected chi connectivity index (χ1v) is 19.8. The Hall–Kier alpha value is -4.08. The van der Waals surface area contributed by atoms with Gasteiger partial charge in [0.25, 0.3) is 0 Å². The van der Waals surface area contributed by atoms with Crippen molar-refractivity contribution in [3.05, 3.63) is 180 Å². The van der Waals surface area contributed by atoms with E-state index in [4.69, 9.17) is 0 Å². The van der Waals surface area contributed by atoms with Gasteiger partial charge in [0.15, 0.2) is 0 Å². The van der Waals surface area contributed by atoms with Gasteiger partial charge in [-0.3, -0.25) is 0 Å². The Bertz CT molecular complexity index is 2650. The molecule has 268 valence electrons. The van der Waals surface area contributed by atoms with Gasteiger partial charge < -0.3 is 24.8 Å². The van der Waals surface area contributed by atoms with Gasteiger partial charge in [-0.15, -0.1) is 69.1 Å². The molecule has 0 radical (unpaired) electrons. The molecule has 5 heteroatoms. The van der Waals surface area contributed by atoms with Crippen LogP contribution in [0.15, 0.2) is 170 Å². The van der Waals surface area contributed by atoms with Crippen molar-refractivity contribution in [1.29, 1.82) is 0 Å². The zero-order chi connectivity index (χ0) is 35.0. The summed E-state index contributed by atoms with van der Waals surface area (Å²) in [6.07, 6.45) is 2.21. The summed E-state index contributed by atoms with van der Waals surface area (Å²) in [6, 6.07) is 62.3. The molecular formula is C50H38Cl2S2Zr. The van der Waals surface area contributed by atoms with E-state index >= 15 is 0 Å². The molecule has 0 aliphatic carbocycles. The monoisotopic (exact) mass is 862 g/mol. The number of aryl methyl sites for hydroxylation is 2. The van der Waals surface area contributed by atoms with Crippen LogP contribution in [0, 0.1) is 0 Å². The van der Waals surface area contributed by atoms with Gasteiger partial charge in [0.05, 0.1) is 0 Å². The number of fused-ring (bicyclic) bond motifs is 4. The molecule has 2 aromatic heterocycles. The fourth-order valence-corrected chi connectivity index (χ4v) is 9.29. The third kappa shape index (κ3) is 8.25. The quantitative estimate of drug-likeness (QED) is 0.146. The van der Waals surface area contributed by atoms with Gasteiger partial charge in [-0.1, -0.05) is 146 Å². The van der Waals surface area contributed by atoms with Crippen molar-refractivity contribution in [2.75, 3.05) is 0 Å². The van der Waals surface area contributed by atoms with E-state index in [1.165, 1.54) is 96.0 Å². The van der Waals surface area contributed by atoms with Gasteiger partial charge >= 0.3 is 26.2 Å². The van der Waals surface area contributed by atoms with Crippen molar-refractivity contribution in [3.8, 4) is 43.1 Å². The van der Waals surface area contributed by atoms with Crippen molar-refractivity contribution < 1.29 is 51.0 Å². The molecule has 0 spiro atoms. The number of hydrogen-bond acceptors (Lipinski definition) is 2. The van der Waals surface area contributed by atoms with Crippen LogP contribution in [-0.2, 0) is 39.0 Å². The Kier molecular flexibility index (Phi) is 13.1. The summed E-state index contributed by atoms with van der Waals surface area (Å²) in [4.78, 5) is 5.62. The predicted molar refractivity (Wildman–Crippen MR) is 230 cm³/mol. The minimum Gasteiger partial charge on any atom is -1.00 e. The first-order chi connectivity index (χ1) is 25.6. The van der Waals surface area contributed by atoms with Crippen molar-refractivity contribution in [1.82, 2.24) is 0 Å². The number of hydrogen-bond donors (Lipinski definition) is 0.